The first-order valence-corrected chi connectivity index (χ1v) is 22.9. The minimum atomic E-state index is -1.07. The summed E-state index contributed by atoms with van der Waals surface area (Å²) in [5, 5.41) is 5.64. The number of carbonyl (C=O) groups excluding carboxylic acids is 5. The third kappa shape index (κ3) is 10.6. The van der Waals surface area contributed by atoms with Crippen LogP contribution in [0.2, 0.25) is 20.1 Å². The number of Topliss-reactive ketones (excluding diaryl/α,β-unsaturated/α-hetero) is 2. The lowest BCUT2D eigenvalue weighted by Gasteiger charge is -2.43. The van der Waals surface area contributed by atoms with Crippen LogP contribution in [0.15, 0.2) is 94.9 Å². The van der Waals surface area contributed by atoms with Gasteiger partial charge < -0.3 is 24.8 Å². The van der Waals surface area contributed by atoms with Gasteiger partial charge in [0.25, 0.3) is 11.8 Å². The summed E-state index contributed by atoms with van der Waals surface area (Å²) in [5.41, 5.74) is 2.08. The summed E-state index contributed by atoms with van der Waals surface area (Å²) in [7, 11) is 0. The lowest BCUT2D eigenvalue weighted by molar-refractivity contribution is -0.129. The Labute approximate surface area is 398 Å². The fraction of sp³-hybridized carbons (Fsp3) is 0.367. The van der Waals surface area contributed by atoms with Gasteiger partial charge in [-0.15, -0.1) is 0 Å². The maximum absolute atomic E-state index is 13.7. The number of amides is 3. The van der Waals surface area contributed by atoms with E-state index in [0.29, 0.717) is 74.0 Å². The van der Waals surface area contributed by atoms with Crippen molar-refractivity contribution in [2.45, 2.75) is 77.2 Å². The van der Waals surface area contributed by atoms with Gasteiger partial charge in [0.2, 0.25) is 0 Å². The molecule has 12 nitrogen and oxygen atoms in total. The van der Waals surface area contributed by atoms with Crippen LogP contribution in [0.25, 0.3) is 0 Å². The van der Waals surface area contributed by atoms with E-state index in [1.54, 1.807) is 116 Å². The van der Waals surface area contributed by atoms with E-state index in [4.69, 9.17) is 61.1 Å². The highest BCUT2D eigenvalue weighted by molar-refractivity contribution is 6.48. The SMILES string of the molecule is Cc1cc(C(=O)CN2C(=O)C(c3ccc(Cl)cc3)=NC23CCCN(C(=O)OC(C)(C)C)C3)ccc1Cl.Cc1cc(C(=O)CN2C(=O)C(c3ccc(Cl)cc3)=NC23CCCNC3)ccc1Cl. The first kappa shape index (κ1) is 47.8. The molecule has 2 unspecified atom stereocenters. The smallest absolute Gasteiger partial charge is 0.410 e. The molecule has 4 heterocycles. The number of hydrogen-bond acceptors (Lipinski definition) is 9. The summed E-state index contributed by atoms with van der Waals surface area (Å²) in [4.78, 5) is 80.6. The second-order valence-corrected chi connectivity index (χ2v) is 19.4. The molecule has 2 atom stereocenters. The zero-order valence-electron chi connectivity index (χ0n) is 36.9. The van der Waals surface area contributed by atoms with Crippen LogP contribution in [0.3, 0.4) is 0 Å². The normalized spacial score (nSPS) is 20.7. The number of benzene rings is 4. The van der Waals surface area contributed by atoms with Crippen molar-refractivity contribution in [3.63, 3.8) is 0 Å². The van der Waals surface area contributed by atoms with Gasteiger partial charge in [0, 0.05) is 55.4 Å². The molecule has 2 saturated heterocycles. The summed E-state index contributed by atoms with van der Waals surface area (Å²) in [5.74, 6) is -0.947. The van der Waals surface area contributed by atoms with Crippen LogP contribution in [0, 0.1) is 13.8 Å². The molecule has 0 saturated carbocycles. The van der Waals surface area contributed by atoms with Crippen LogP contribution in [0.1, 0.15) is 89.4 Å². The van der Waals surface area contributed by atoms with Gasteiger partial charge in [0.15, 0.2) is 17.2 Å². The average molecular weight is 961 g/mol. The number of piperidine rings is 2. The van der Waals surface area contributed by atoms with Crippen LogP contribution in [0.5, 0.6) is 0 Å². The van der Waals surface area contributed by atoms with Gasteiger partial charge in [-0.1, -0.05) is 70.7 Å². The molecule has 4 aliphatic heterocycles. The van der Waals surface area contributed by atoms with E-state index in [1.807, 2.05) is 13.8 Å². The molecule has 0 bridgehead atoms. The predicted molar refractivity (Wildman–Crippen MR) is 255 cm³/mol. The molecule has 1 N–H and O–H groups in total. The Bertz CT molecular complexity index is 2590. The van der Waals surface area contributed by atoms with Crippen molar-refractivity contribution in [1.29, 1.82) is 0 Å². The second-order valence-electron chi connectivity index (χ2n) is 17.7. The summed E-state index contributed by atoms with van der Waals surface area (Å²) in [6.45, 7) is 10.9. The van der Waals surface area contributed by atoms with Crippen molar-refractivity contribution in [2.75, 3.05) is 39.3 Å². The Morgan fingerprint density at radius 1 is 0.677 bits per heavy atom. The van der Waals surface area contributed by atoms with E-state index < -0.39 is 23.0 Å². The van der Waals surface area contributed by atoms with Crippen LogP contribution in [-0.4, -0.2) is 112 Å². The second kappa shape index (κ2) is 19.4. The molecular weight excluding hydrogens is 910 g/mol. The number of halogens is 4. The Morgan fingerprint density at radius 2 is 1.14 bits per heavy atom. The minimum Gasteiger partial charge on any atom is -0.444 e. The highest BCUT2D eigenvalue weighted by Gasteiger charge is 2.52. The average Bonchev–Trinajstić information content (AvgIpc) is 3.67. The van der Waals surface area contributed by atoms with E-state index in [-0.39, 0.29) is 48.7 Å². The number of aliphatic imine (C=N–C) groups is 2. The molecule has 2 spiro atoms. The summed E-state index contributed by atoms with van der Waals surface area (Å²) < 4.78 is 5.58. The molecule has 2 fully saturated rings. The van der Waals surface area contributed by atoms with Gasteiger partial charge in [0.05, 0.1) is 19.6 Å². The number of rotatable bonds is 8. The highest BCUT2D eigenvalue weighted by atomic mass is 35.5. The Balaban J connectivity index is 0.000000198. The Morgan fingerprint density at radius 3 is 1.58 bits per heavy atom. The predicted octanol–water partition coefficient (Wildman–Crippen LogP) is 9.44. The first-order valence-electron chi connectivity index (χ1n) is 21.4. The van der Waals surface area contributed by atoms with Crippen molar-refractivity contribution >= 4 is 87.3 Å². The number of carbonyl (C=O) groups is 5. The molecule has 65 heavy (non-hydrogen) atoms. The van der Waals surface area contributed by atoms with Crippen molar-refractivity contribution in [3.05, 3.63) is 138 Å². The maximum atomic E-state index is 13.7. The Kier molecular flexibility index (Phi) is 14.3. The largest absolute Gasteiger partial charge is 0.444 e. The summed E-state index contributed by atoms with van der Waals surface area (Å²) >= 11 is 24.2. The van der Waals surface area contributed by atoms with Gasteiger partial charge in [-0.25, -0.2) is 14.8 Å². The van der Waals surface area contributed by atoms with Gasteiger partial charge in [-0.3, -0.25) is 19.2 Å². The van der Waals surface area contributed by atoms with Crippen molar-refractivity contribution in [2.24, 2.45) is 9.98 Å². The molecule has 340 valence electrons. The molecule has 8 rings (SSSR count). The van der Waals surface area contributed by atoms with Crippen LogP contribution in [-0.2, 0) is 14.3 Å². The van der Waals surface area contributed by atoms with Gasteiger partial charge >= 0.3 is 6.09 Å². The molecule has 3 amide bonds. The number of hydrogen-bond donors (Lipinski definition) is 1. The molecular formula is C49H50Cl4N6O6. The highest BCUT2D eigenvalue weighted by Crippen LogP contribution is 2.37. The van der Waals surface area contributed by atoms with Gasteiger partial charge in [0.1, 0.15) is 22.7 Å². The molecule has 16 heteroatoms. The zero-order valence-corrected chi connectivity index (χ0v) is 39.9. The number of likely N-dealkylation sites (tertiary alicyclic amines) is 1. The third-order valence-corrected chi connectivity index (χ3v) is 13.1. The molecule has 4 aliphatic rings. The fourth-order valence-corrected chi connectivity index (χ4v) is 8.90. The van der Waals surface area contributed by atoms with Crippen LogP contribution >= 0.6 is 46.4 Å². The quantitative estimate of drug-likeness (QED) is 0.174. The lowest BCUT2D eigenvalue weighted by Crippen LogP contribution is -2.59. The van der Waals surface area contributed by atoms with Crippen molar-refractivity contribution in [3.8, 4) is 0 Å². The zero-order chi connectivity index (χ0) is 46.8. The minimum absolute atomic E-state index is 0.0256. The van der Waals surface area contributed by atoms with E-state index >= 15 is 0 Å². The lowest BCUT2D eigenvalue weighted by atomic mass is 9.96. The summed E-state index contributed by atoms with van der Waals surface area (Å²) in [6.07, 6.45) is 2.26. The number of aryl methyl sites for hydroxylation is 2. The third-order valence-electron chi connectivity index (χ3n) is 11.8. The number of ketones is 2. The maximum Gasteiger partial charge on any atom is 0.410 e. The summed E-state index contributed by atoms with van der Waals surface area (Å²) in [6, 6.07) is 24.1. The monoisotopic (exact) mass is 958 g/mol. The number of nitrogens with zero attached hydrogens (tertiary/aromatic N) is 5. The van der Waals surface area contributed by atoms with Gasteiger partial charge in [-0.2, -0.15) is 0 Å². The molecule has 4 aromatic rings. The topological polar surface area (TPSA) is 141 Å². The van der Waals surface area contributed by atoms with E-state index in [9.17, 15) is 24.0 Å². The standard InChI is InChI=1S/C27H29Cl2N3O4.C22H21Cl2N3O2/c1-17-14-19(8-11-21(17)29)22(33)15-32-24(34)23(18-6-9-20(28)10-7-18)30-27(32)12-5-13-31(16-27)25(35)36-26(2,3)4;1-14-11-16(5-8-18(14)24)19(28)12-27-21(29)20(15-3-6-17(23)7-4-15)26-22(27)9-2-10-25-13-22/h6-11,14H,5,12-13,15-16H2,1-4H3;3-8,11,25H,2,9-10,12-13H2,1H3. The first-order chi connectivity index (χ1) is 30.8. The van der Waals surface area contributed by atoms with Crippen molar-refractivity contribution < 1.29 is 28.7 Å². The molecule has 0 aliphatic carbocycles. The number of nitrogens with one attached hydrogen (secondary N) is 1. The van der Waals surface area contributed by atoms with Crippen LogP contribution in [0.4, 0.5) is 4.79 Å². The number of ether oxygens (including phenoxy) is 1. The van der Waals surface area contributed by atoms with Crippen LogP contribution < -0.4 is 5.32 Å². The van der Waals surface area contributed by atoms with E-state index in [2.05, 4.69) is 5.32 Å². The fourth-order valence-electron chi connectivity index (χ4n) is 8.41. The van der Waals surface area contributed by atoms with E-state index in [1.165, 1.54) is 4.90 Å². The molecule has 0 aromatic heterocycles. The van der Waals surface area contributed by atoms with Crippen molar-refractivity contribution in [1.82, 2.24) is 20.0 Å². The molecule has 0 radical (unpaired) electrons. The van der Waals surface area contributed by atoms with Gasteiger partial charge in [-0.05, 0) is 139 Å². The van der Waals surface area contributed by atoms with E-state index in [0.717, 1.165) is 30.5 Å². The Hall–Kier alpha value is -5.11. The molecule has 4 aromatic carbocycles.